The van der Waals surface area contributed by atoms with Crippen LogP contribution in [0.5, 0.6) is 0 Å². The van der Waals surface area contributed by atoms with Gasteiger partial charge in [-0.15, -0.1) is 0 Å². The van der Waals surface area contributed by atoms with Gasteiger partial charge in [0.2, 0.25) is 15.9 Å². The summed E-state index contributed by atoms with van der Waals surface area (Å²) in [5.74, 6) is -0.0762. The minimum atomic E-state index is -3.60. The smallest absolute Gasteiger partial charge is 0.240 e. The van der Waals surface area contributed by atoms with Gasteiger partial charge >= 0.3 is 0 Å². The van der Waals surface area contributed by atoms with Crippen molar-refractivity contribution in [2.75, 3.05) is 0 Å². The van der Waals surface area contributed by atoms with E-state index in [1.165, 1.54) is 0 Å². The lowest BCUT2D eigenvalue weighted by molar-refractivity contribution is -0.126. The summed E-state index contributed by atoms with van der Waals surface area (Å²) in [6.45, 7) is 1.94. The summed E-state index contributed by atoms with van der Waals surface area (Å²) in [5, 5.41) is 4.96. The second-order valence-electron chi connectivity index (χ2n) is 8.20. The summed E-state index contributed by atoms with van der Waals surface area (Å²) in [4.78, 5) is 17.0. The van der Waals surface area contributed by atoms with Gasteiger partial charge in [0.25, 0.3) is 0 Å². The van der Waals surface area contributed by atoms with Gasteiger partial charge in [0.05, 0.1) is 10.9 Å². The number of hydrogen-bond acceptors (Lipinski definition) is 4. The van der Waals surface area contributed by atoms with Crippen molar-refractivity contribution < 1.29 is 13.2 Å². The quantitative estimate of drug-likeness (QED) is 0.611. The largest absolute Gasteiger partial charge is 0.349 e. The first-order chi connectivity index (χ1) is 14.9. The van der Waals surface area contributed by atoms with Crippen LogP contribution in [-0.4, -0.2) is 25.4 Å². The Morgan fingerprint density at radius 1 is 1.00 bits per heavy atom. The SMILES string of the molecule is C[C@@H](NC(=O)[C@H]1CC[C@H](NS(=O)(=O)c2ccc3ccccc3c2)CC1)c1cccnc1. The second kappa shape index (κ2) is 9.16. The molecule has 6 nitrogen and oxygen atoms in total. The molecule has 2 aromatic carbocycles. The number of nitrogens with zero attached hydrogens (tertiary/aromatic N) is 1. The Balaban J connectivity index is 1.33. The van der Waals surface area contributed by atoms with E-state index in [4.69, 9.17) is 0 Å². The number of pyridine rings is 1. The normalized spacial score (nSPS) is 20.3. The number of carbonyl (C=O) groups is 1. The van der Waals surface area contributed by atoms with E-state index in [9.17, 15) is 13.2 Å². The monoisotopic (exact) mass is 437 g/mol. The number of rotatable bonds is 6. The maximum atomic E-state index is 12.9. The Morgan fingerprint density at radius 2 is 1.74 bits per heavy atom. The van der Waals surface area contributed by atoms with Crippen LogP contribution in [0.15, 0.2) is 71.9 Å². The Morgan fingerprint density at radius 3 is 2.45 bits per heavy atom. The van der Waals surface area contributed by atoms with E-state index >= 15 is 0 Å². The molecule has 3 aromatic rings. The molecule has 7 heteroatoms. The molecule has 162 valence electrons. The Hall–Kier alpha value is -2.77. The predicted octanol–water partition coefficient (Wildman–Crippen LogP) is 3.95. The van der Waals surface area contributed by atoms with Crippen LogP contribution in [-0.2, 0) is 14.8 Å². The minimum absolute atomic E-state index is 0.0205. The lowest BCUT2D eigenvalue weighted by Crippen LogP contribution is -2.41. The van der Waals surface area contributed by atoms with Crippen molar-refractivity contribution in [2.24, 2.45) is 5.92 Å². The molecule has 0 radical (unpaired) electrons. The number of amides is 1. The van der Waals surface area contributed by atoms with Crippen molar-refractivity contribution in [2.45, 2.75) is 49.6 Å². The molecular formula is C24H27N3O3S. The zero-order valence-electron chi connectivity index (χ0n) is 17.5. The van der Waals surface area contributed by atoms with Crippen molar-refractivity contribution in [3.05, 3.63) is 72.6 Å². The topological polar surface area (TPSA) is 88.2 Å². The first-order valence-electron chi connectivity index (χ1n) is 10.6. The summed E-state index contributed by atoms with van der Waals surface area (Å²) in [5.41, 5.74) is 0.965. The highest BCUT2D eigenvalue weighted by Crippen LogP contribution is 2.27. The van der Waals surface area contributed by atoms with Crippen molar-refractivity contribution in [3.8, 4) is 0 Å². The lowest BCUT2D eigenvalue weighted by Gasteiger charge is -2.29. The van der Waals surface area contributed by atoms with Crippen LogP contribution in [0.1, 0.15) is 44.2 Å². The Kier molecular flexibility index (Phi) is 6.34. The molecule has 1 aromatic heterocycles. The standard InChI is InChI=1S/C24H27N3O3S/c1-17(21-7-4-14-25-16-21)26-24(28)19-8-11-22(12-9-19)27-31(29,30)23-13-10-18-5-2-3-6-20(18)15-23/h2-7,10,13-17,19,22,27H,8-9,11-12H2,1H3,(H,26,28)/t17-,19-,22-/m1/s1. The molecule has 1 saturated carbocycles. The Bertz CT molecular complexity index is 1160. The van der Waals surface area contributed by atoms with Crippen LogP contribution in [0.2, 0.25) is 0 Å². The van der Waals surface area contributed by atoms with Gasteiger partial charge in [-0.3, -0.25) is 9.78 Å². The third kappa shape index (κ3) is 5.11. The van der Waals surface area contributed by atoms with Gasteiger partial charge in [0, 0.05) is 24.4 Å². The predicted molar refractivity (Wildman–Crippen MR) is 121 cm³/mol. The highest BCUT2D eigenvalue weighted by atomic mass is 32.2. The molecule has 4 rings (SSSR count). The van der Waals surface area contributed by atoms with Crippen LogP contribution < -0.4 is 10.0 Å². The van der Waals surface area contributed by atoms with Gasteiger partial charge < -0.3 is 5.32 Å². The average molecular weight is 438 g/mol. The first kappa shape index (κ1) is 21.5. The number of fused-ring (bicyclic) bond motifs is 1. The second-order valence-corrected chi connectivity index (χ2v) is 9.91. The van der Waals surface area contributed by atoms with Gasteiger partial charge in [0.1, 0.15) is 0 Å². The van der Waals surface area contributed by atoms with E-state index in [0.717, 1.165) is 16.3 Å². The van der Waals surface area contributed by atoms with Crippen LogP contribution >= 0.6 is 0 Å². The Labute approximate surface area is 183 Å². The first-order valence-corrected chi connectivity index (χ1v) is 12.1. The molecule has 1 atom stereocenters. The van der Waals surface area contributed by atoms with E-state index in [0.29, 0.717) is 25.7 Å². The van der Waals surface area contributed by atoms with Crippen LogP contribution in [0.3, 0.4) is 0 Å². The highest BCUT2D eigenvalue weighted by molar-refractivity contribution is 7.89. The van der Waals surface area contributed by atoms with E-state index in [-0.39, 0.29) is 28.8 Å². The van der Waals surface area contributed by atoms with E-state index in [1.807, 2.05) is 49.4 Å². The number of carbonyl (C=O) groups excluding carboxylic acids is 1. The number of hydrogen-bond donors (Lipinski definition) is 2. The number of benzene rings is 2. The summed E-state index contributed by atoms with van der Waals surface area (Å²) in [6.07, 6.45) is 6.08. The molecule has 0 spiro atoms. The maximum absolute atomic E-state index is 12.9. The molecule has 1 aliphatic carbocycles. The zero-order valence-corrected chi connectivity index (χ0v) is 18.3. The van der Waals surface area contributed by atoms with Crippen LogP contribution in [0.4, 0.5) is 0 Å². The molecule has 31 heavy (non-hydrogen) atoms. The minimum Gasteiger partial charge on any atom is -0.349 e. The van der Waals surface area contributed by atoms with E-state index in [1.54, 1.807) is 24.5 Å². The van der Waals surface area contributed by atoms with Crippen molar-refractivity contribution in [1.82, 2.24) is 15.0 Å². The molecule has 1 aliphatic rings. The fraction of sp³-hybridized carbons (Fsp3) is 0.333. The molecular weight excluding hydrogens is 410 g/mol. The summed E-state index contributed by atoms with van der Waals surface area (Å²) < 4.78 is 28.6. The lowest BCUT2D eigenvalue weighted by atomic mass is 9.85. The molecule has 1 amide bonds. The summed E-state index contributed by atoms with van der Waals surface area (Å²) in [7, 11) is -3.60. The van der Waals surface area contributed by atoms with Crippen molar-refractivity contribution in [1.29, 1.82) is 0 Å². The summed E-state index contributed by atoms with van der Waals surface area (Å²) >= 11 is 0. The van der Waals surface area contributed by atoms with Gasteiger partial charge in [-0.1, -0.05) is 36.4 Å². The molecule has 0 unspecified atom stereocenters. The van der Waals surface area contributed by atoms with Gasteiger partial charge in [-0.05, 0) is 67.1 Å². The number of sulfonamides is 1. The highest BCUT2D eigenvalue weighted by Gasteiger charge is 2.29. The van der Waals surface area contributed by atoms with Gasteiger partial charge in [0.15, 0.2) is 0 Å². The molecule has 0 bridgehead atoms. The van der Waals surface area contributed by atoms with E-state index in [2.05, 4.69) is 15.0 Å². The zero-order chi connectivity index (χ0) is 21.8. The number of aromatic nitrogens is 1. The molecule has 1 fully saturated rings. The third-order valence-corrected chi connectivity index (χ3v) is 7.51. The summed E-state index contributed by atoms with van der Waals surface area (Å²) in [6, 6.07) is 16.4. The maximum Gasteiger partial charge on any atom is 0.240 e. The van der Waals surface area contributed by atoms with E-state index < -0.39 is 10.0 Å². The third-order valence-electron chi connectivity index (χ3n) is 5.99. The number of nitrogens with one attached hydrogen (secondary N) is 2. The fourth-order valence-corrected chi connectivity index (χ4v) is 5.48. The van der Waals surface area contributed by atoms with Crippen molar-refractivity contribution >= 4 is 26.7 Å². The molecule has 0 aliphatic heterocycles. The molecule has 0 saturated heterocycles. The van der Waals surface area contributed by atoms with Gasteiger partial charge in [-0.25, -0.2) is 13.1 Å². The molecule has 1 heterocycles. The molecule has 2 N–H and O–H groups in total. The van der Waals surface area contributed by atoms with Crippen LogP contribution in [0.25, 0.3) is 10.8 Å². The average Bonchev–Trinajstić information content (AvgIpc) is 2.79. The van der Waals surface area contributed by atoms with Crippen molar-refractivity contribution in [3.63, 3.8) is 0 Å². The fourth-order valence-electron chi connectivity index (χ4n) is 4.14. The van der Waals surface area contributed by atoms with Crippen LogP contribution in [0, 0.1) is 5.92 Å². The van der Waals surface area contributed by atoms with Gasteiger partial charge in [-0.2, -0.15) is 0 Å².